The number of hydrogen-bond acceptors (Lipinski definition) is 0. The van der Waals surface area contributed by atoms with Crippen molar-refractivity contribution in [2.24, 2.45) is 0 Å². The molecule has 0 aromatic heterocycles. The lowest BCUT2D eigenvalue weighted by Crippen LogP contribution is -1.97. The van der Waals surface area contributed by atoms with Crippen LogP contribution in [0.5, 0.6) is 0 Å². The number of halogens is 3. The Bertz CT molecular complexity index is 85.8. The zero-order chi connectivity index (χ0) is 8.74. The van der Waals surface area contributed by atoms with Gasteiger partial charge in [-0.25, -0.2) is 0 Å². The minimum atomic E-state index is -0.0303. The van der Waals surface area contributed by atoms with E-state index < -0.39 is 0 Å². The van der Waals surface area contributed by atoms with Crippen LogP contribution in [0.4, 0.5) is 0 Å². The van der Waals surface area contributed by atoms with E-state index in [4.69, 9.17) is 0 Å². The highest BCUT2D eigenvalue weighted by molar-refractivity contribution is 9.39. The Labute approximate surface area is 94.9 Å². The molecule has 0 aliphatic heterocycles. The monoisotopic (exact) mass is 347 g/mol. The summed E-state index contributed by atoms with van der Waals surface area (Å²) in [5, 5.41) is 0. The number of hydrogen-bond donors (Lipinski definition) is 0. The molecule has 0 spiro atoms. The molecule has 0 aliphatic rings. The summed E-state index contributed by atoms with van der Waals surface area (Å²) >= 11 is 10.4. The smallest absolute Gasteiger partial charge is 0.0599 e. The minimum absolute atomic E-state index is 0.0303. The fourth-order valence-corrected chi connectivity index (χ4v) is 1.70. The van der Waals surface area contributed by atoms with Gasteiger partial charge in [-0.15, -0.1) is 0 Å². The largest absolute Gasteiger partial charge is 0.135 e. The average Bonchev–Trinajstić information content (AvgIpc) is 1.85. The molecular formula is C8H14Br3. The molecule has 0 aromatic carbocycles. The van der Waals surface area contributed by atoms with E-state index in [0.29, 0.717) is 0 Å². The lowest BCUT2D eigenvalue weighted by atomic mass is 10.1. The van der Waals surface area contributed by atoms with E-state index in [0.717, 1.165) is 12.8 Å². The summed E-state index contributed by atoms with van der Waals surface area (Å²) in [6, 6.07) is 0. The quantitative estimate of drug-likeness (QED) is 0.484. The first-order valence-electron chi connectivity index (χ1n) is 3.92. The lowest BCUT2D eigenvalue weighted by Gasteiger charge is -2.10. The van der Waals surface area contributed by atoms with Gasteiger partial charge in [-0.05, 0) is 6.42 Å². The SMILES string of the molecule is [CH2]CCCCCCC(Br)(Br)Br. The number of alkyl halides is 3. The Kier molecular flexibility index (Phi) is 7.81. The second-order valence-corrected chi connectivity index (χ2v) is 9.89. The maximum absolute atomic E-state index is 3.80. The molecule has 0 N–H and O–H groups in total. The van der Waals surface area contributed by atoms with Gasteiger partial charge >= 0.3 is 0 Å². The van der Waals surface area contributed by atoms with Crippen LogP contribution < -0.4 is 0 Å². The molecule has 0 heterocycles. The van der Waals surface area contributed by atoms with E-state index in [2.05, 4.69) is 54.7 Å². The van der Waals surface area contributed by atoms with Crippen molar-refractivity contribution in [1.82, 2.24) is 0 Å². The first-order chi connectivity index (χ1) is 5.06. The standard InChI is InChI=1S/C8H14Br3/c1-2-3-4-5-6-7-8(9,10)11/h1-7H2. The molecule has 0 aromatic rings. The van der Waals surface area contributed by atoms with Gasteiger partial charge in [0.25, 0.3) is 0 Å². The summed E-state index contributed by atoms with van der Waals surface area (Å²) in [5.74, 6) is 0. The van der Waals surface area contributed by atoms with Crippen molar-refractivity contribution in [2.75, 3.05) is 0 Å². The van der Waals surface area contributed by atoms with Gasteiger partial charge in [0.2, 0.25) is 0 Å². The van der Waals surface area contributed by atoms with Crippen LogP contribution in [0, 0.1) is 6.92 Å². The summed E-state index contributed by atoms with van der Waals surface area (Å²) in [6.45, 7) is 3.80. The van der Waals surface area contributed by atoms with Gasteiger partial charge in [0.05, 0.1) is 0 Å². The zero-order valence-corrected chi connectivity index (χ0v) is 11.3. The second-order valence-electron chi connectivity index (χ2n) is 2.63. The highest BCUT2D eigenvalue weighted by atomic mass is 80.0. The zero-order valence-electron chi connectivity index (χ0n) is 6.58. The molecule has 11 heavy (non-hydrogen) atoms. The summed E-state index contributed by atoms with van der Waals surface area (Å²) in [6.07, 6.45) is 7.32. The number of unbranched alkanes of at least 4 members (excludes halogenated alkanes) is 4. The van der Waals surface area contributed by atoms with E-state index >= 15 is 0 Å². The maximum Gasteiger partial charge on any atom is 0.135 e. The molecule has 0 saturated carbocycles. The van der Waals surface area contributed by atoms with E-state index in [1.807, 2.05) is 0 Å². The molecule has 0 fully saturated rings. The second kappa shape index (κ2) is 6.90. The predicted octanol–water partition coefficient (Wildman–Crippen LogP) is 5.00. The van der Waals surface area contributed by atoms with Crippen molar-refractivity contribution in [3.05, 3.63) is 6.92 Å². The fraction of sp³-hybridized carbons (Fsp3) is 0.875. The van der Waals surface area contributed by atoms with Gasteiger partial charge in [0.1, 0.15) is 2.14 Å². The summed E-state index contributed by atoms with van der Waals surface area (Å²) < 4.78 is -0.0303. The third-order valence-electron chi connectivity index (χ3n) is 1.46. The van der Waals surface area contributed by atoms with Gasteiger partial charge < -0.3 is 0 Å². The highest BCUT2D eigenvalue weighted by Gasteiger charge is 2.15. The molecule has 1 radical (unpaired) electrons. The molecule has 0 rings (SSSR count). The Morgan fingerprint density at radius 2 is 1.45 bits per heavy atom. The van der Waals surface area contributed by atoms with Crippen molar-refractivity contribution in [1.29, 1.82) is 0 Å². The van der Waals surface area contributed by atoms with Crippen LogP contribution in [0.2, 0.25) is 0 Å². The van der Waals surface area contributed by atoms with Crippen molar-refractivity contribution in [3.8, 4) is 0 Å². The third-order valence-corrected chi connectivity index (χ3v) is 2.65. The van der Waals surface area contributed by atoms with Gasteiger partial charge in [-0.2, -0.15) is 0 Å². The molecule has 67 valence electrons. The van der Waals surface area contributed by atoms with Crippen molar-refractivity contribution < 1.29 is 0 Å². The molecule has 0 atom stereocenters. The normalized spacial score (nSPS) is 12.0. The fourth-order valence-electron chi connectivity index (χ4n) is 0.856. The highest BCUT2D eigenvalue weighted by Crippen LogP contribution is 2.38. The van der Waals surface area contributed by atoms with Crippen LogP contribution in [0.15, 0.2) is 0 Å². The van der Waals surface area contributed by atoms with E-state index in [1.54, 1.807) is 0 Å². The Morgan fingerprint density at radius 3 is 1.91 bits per heavy atom. The van der Waals surface area contributed by atoms with E-state index in [9.17, 15) is 0 Å². The lowest BCUT2D eigenvalue weighted by molar-refractivity contribution is 0.632. The van der Waals surface area contributed by atoms with Gasteiger partial charge in [-0.3, -0.25) is 0 Å². The topological polar surface area (TPSA) is 0 Å². The van der Waals surface area contributed by atoms with Crippen molar-refractivity contribution >= 4 is 47.8 Å². The van der Waals surface area contributed by atoms with Crippen molar-refractivity contribution in [2.45, 2.75) is 40.7 Å². The average molecular weight is 350 g/mol. The molecule has 0 saturated heterocycles. The first-order valence-corrected chi connectivity index (χ1v) is 6.30. The van der Waals surface area contributed by atoms with Crippen LogP contribution in [-0.4, -0.2) is 2.14 Å². The van der Waals surface area contributed by atoms with Crippen LogP contribution in [0.3, 0.4) is 0 Å². The maximum atomic E-state index is 3.80. The molecule has 0 aliphatic carbocycles. The molecule has 0 bridgehead atoms. The summed E-state index contributed by atoms with van der Waals surface area (Å²) in [5.41, 5.74) is 0. The molecule has 0 unspecified atom stereocenters. The Hall–Kier alpha value is 1.44. The minimum Gasteiger partial charge on any atom is -0.0599 e. The summed E-state index contributed by atoms with van der Waals surface area (Å²) in [7, 11) is 0. The Morgan fingerprint density at radius 1 is 0.909 bits per heavy atom. The first kappa shape index (κ1) is 12.4. The van der Waals surface area contributed by atoms with Crippen LogP contribution >= 0.6 is 47.8 Å². The van der Waals surface area contributed by atoms with Gasteiger partial charge in [0.15, 0.2) is 0 Å². The number of rotatable bonds is 5. The predicted molar refractivity (Wildman–Crippen MR) is 62.6 cm³/mol. The molecular weight excluding hydrogens is 336 g/mol. The molecule has 0 amide bonds. The van der Waals surface area contributed by atoms with Crippen LogP contribution in [0.1, 0.15) is 38.5 Å². The third kappa shape index (κ3) is 11.4. The van der Waals surface area contributed by atoms with Crippen molar-refractivity contribution in [3.63, 3.8) is 0 Å². The van der Waals surface area contributed by atoms with Gasteiger partial charge in [-0.1, -0.05) is 86.8 Å². The summed E-state index contributed by atoms with van der Waals surface area (Å²) in [4.78, 5) is 0. The van der Waals surface area contributed by atoms with Crippen LogP contribution in [-0.2, 0) is 0 Å². The van der Waals surface area contributed by atoms with E-state index in [-0.39, 0.29) is 2.14 Å². The van der Waals surface area contributed by atoms with E-state index in [1.165, 1.54) is 25.7 Å². The van der Waals surface area contributed by atoms with Gasteiger partial charge in [0, 0.05) is 0 Å². The molecule has 0 nitrogen and oxygen atoms in total. The van der Waals surface area contributed by atoms with Crippen LogP contribution in [0.25, 0.3) is 0 Å². The Balaban J connectivity index is 3.02. The molecule has 3 heteroatoms.